The molecule has 0 fully saturated rings. The molecule has 0 saturated carbocycles. The fourth-order valence-electron chi connectivity index (χ4n) is 3.56. The molecule has 0 radical (unpaired) electrons. The number of hydrogen-bond donors (Lipinski definition) is 1. The molecule has 0 aliphatic rings. The number of nitrogens with zero attached hydrogens (tertiary/aromatic N) is 3. The van der Waals surface area contributed by atoms with Crippen molar-refractivity contribution in [3.63, 3.8) is 0 Å². The highest BCUT2D eigenvalue weighted by Gasteiger charge is 2.22. The quantitative estimate of drug-likeness (QED) is 0.302. The van der Waals surface area contributed by atoms with Gasteiger partial charge in [0.25, 0.3) is 0 Å². The van der Waals surface area contributed by atoms with Crippen LogP contribution in [0.4, 0.5) is 5.69 Å². The third-order valence-corrected chi connectivity index (χ3v) is 6.46. The number of methoxy groups -OCH3 is 1. The van der Waals surface area contributed by atoms with E-state index < -0.39 is 6.10 Å². The van der Waals surface area contributed by atoms with Crippen LogP contribution in [0.2, 0.25) is 0 Å². The number of carbonyl (C=O) groups is 1. The molecule has 0 aliphatic carbocycles. The van der Waals surface area contributed by atoms with Crippen LogP contribution in [0.15, 0.2) is 78.0 Å². The van der Waals surface area contributed by atoms with Gasteiger partial charge in [-0.25, -0.2) is 0 Å². The molecule has 0 aliphatic heterocycles. The van der Waals surface area contributed by atoms with Gasteiger partial charge >= 0.3 is 0 Å². The summed E-state index contributed by atoms with van der Waals surface area (Å²) in [4.78, 5) is 12.7. The number of rotatable bonds is 9. The van der Waals surface area contributed by atoms with Crippen molar-refractivity contribution >= 4 is 23.4 Å². The Bertz CT molecular complexity index is 1310. The minimum atomic E-state index is -0.419. The van der Waals surface area contributed by atoms with Crippen molar-refractivity contribution in [1.82, 2.24) is 14.8 Å². The Kier molecular flexibility index (Phi) is 7.72. The Balaban J connectivity index is 1.54. The molecule has 0 saturated heterocycles. The Hall–Kier alpha value is -3.78. The maximum absolute atomic E-state index is 12.7. The molecule has 1 aromatic heterocycles. The van der Waals surface area contributed by atoms with Crippen LogP contribution in [0.3, 0.4) is 0 Å². The van der Waals surface area contributed by atoms with Gasteiger partial charge in [-0.2, -0.15) is 0 Å². The average molecular weight is 489 g/mol. The van der Waals surface area contributed by atoms with Crippen molar-refractivity contribution in [2.24, 2.45) is 0 Å². The van der Waals surface area contributed by atoms with E-state index in [1.54, 1.807) is 7.11 Å². The lowest BCUT2D eigenvalue weighted by atomic mass is 10.1. The fourth-order valence-corrected chi connectivity index (χ4v) is 4.32. The van der Waals surface area contributed by atoms with Crippen LogP contribution in [-0.2, 0) is 4.79 Å². The van der Waals surface area contributed by atoms with E-state index in [2.05, 4.69) is 15.5 Å². The van der Waals surface area contributed by atoms with E-state index in [0.29, 0.717) is 22.5 Å². The normalized spacial score (nSPS) is 11.7. The molecule has 3 aromatic carbocycles. The van der Waals surface area contributed by atoms with E-state index in [0.717, 1.165) is 16.9 Å². The van der Waals surface area contributed by atoms with Crippen molar-refractivity contribution in [2.45, 2.75) is 32.0 Å². The number of carbonyl (C=O) groups excluding carboxylic acids is 1. The molecular formula is C27H28N4O3S. The highest BCUT2D eigenvalue weighted by atomic mass is 32.2. The van der Waals surface area contributed by atoms with Gasteiger partial charge in [0, 0.05) is 11.4 Å². The highest BCUT2D eigenvalue weighted by Crippen LogP contribution is 2.32. The summed E-state index contributed by atoms with van der Waals surface area (Å²) in [6.07, 6.45) is -0.419. The van der Waals surface area contributed by atoms with E-state index in [9.17, 15) is 4.79 Å². The molecule has 4 rings (SSSR count). The van der Waals surface area contributed by atoms with Crippen LogP contribution < -0.4 is 14.8 Å². The Morgan fingerprint density at radius 3 is 2.40 bits per heavy atom. The molecule has 4 aromatic rings. The molecule has 1 unspecified atom stereocenters. The van der Waals surface area contributed by atoms with E-state index in [4.69, 9.17) is 9.47 Å². The number of ether oxygens (including phenoxy) is 2. The Labute approximate surface area is 209 Å². The number of aryl methyl sites for hydroxylation is 2. The summed E-state index contributed by atoms with van der Waals surface area (Å²) < 4.78 is 13.5. The number of thioether (sulfide) groups is 1. The second-order valence-electron chi connectivity index (χ2n) is 8.06. The summed E-state index contributed by atoms with van der Waals surface area (Å²) in [6.45, 7) is 5.98. The first-order chi connectivity index (χ1) is 17.0. The topological polar surface area (TPSA) is 78.3 Å². The van der Waals surface area contributed by atoms with Crippen molar-refractivity contribution in [3.8, 4) is 17.2 Å². The fraction of sp³-hybridized carbons (Fsp3) is 0.222. The minimum absolute atomic E-state index is 0.110. The van der Waals surface area contributed by atoms with Gasteiger partial charge < -0.3 is 14.8 Å². The third-order valence-electron chi connectivity index (χ3n) is 5.53. The number of hydrogen-bond acceptors (Lipinski definition) is 6. The van der Waals surface area contributed by atoms with Crippen LogP contribution in [-0.4, -0.2) is 33.5 Å². The monoisotopic (exact) mass is 488 g/mol. The lowest BCUT2D eigenvalue weighted by molar-refractivity contribution is -0.113. The Morgan fingerprint density at radius 1 is 0.971 bits per heavy atom. The predicted octanol–water partition coefficient (Wildman–Crippen LogP) is 5.76. The molecule has 0 bridgehead atoms. The first kappa shape index (κ1) is 24.3. The zero-order valence-corrected chi connectivity index (χ0v) is 21.0. The van der Waals surface area contributed by atoms with Gasteiger partial charge in [0.1, 0.15) is 0 Å². The Morgan fingerprint density at radius 2 is 1.69 bits per heavy atom. The number of benzene rings is 3. The standard InChI is InChI=1S/C27H28N4O3S/c1-18-14-15-21(16-19(18)2)28-25(32)17-35-27-30-29-26(31(27)22-10-6-5-7-11-22)20(3)34-24-13-9-8-12-23(24)33-4/h5-16,20H,17H2,1-4H3,(H,28,32). The van der Waals surface area contributed by atoms with Gasteiger partial charge in [-0.1, -0.05) is 48.2 Å². The van der Waals surface area contributed by atoms with Crippen molar-refractivity contribution in [3.05, 3.63) is 89.7 Å². The minimum Gasteiger partial charge on any atom is -0.493 e. The molecule has 1 amide bonds. The average Bonchev–Trinajstić information content (AvgIpc) is 3.30. The zero-order valence-electron chi connectivity index (χ0n) is 20.2. The number of para-hydroxylation sites is 3. The maximum atomic E-state index is 12.7. The third kappa shape index (κ3) is 5.84. The van der Waals surface area contributed by atoms with Gasteiger partial charge in [-0.3, -0.25) is 9.36 Å². The summed E-state index contributed by atoms with van der Waals surface area (Å²) in [7, 11) is 1.61. The molecule has 1 heterocycles. The van der Waals surface area contributed by atoms with Crippen LogP contribution in [0.1, 0.15) is 30.0 Å². The van der Waals surface area contributed by atoms with E-state index in [1.165, 1.54) is 17.3 Å². The van der Waals surface area contributed by atoms with E-state index in [1.807, 2.05) is 98.1 Å². The van der Waals surface area contributed by atoms with E-state index in [-0.39, 0.29) is 11.7 Å². The summed E-state index contributed by atoms with van der Waals surface area (Å²) in [5.74, 6) is 1.97. The van der Waals surface area contributed by atoms with Gasteiger partial charge in [0.05, 0.1) is 12.9 Å². The van der Waals surface area contributed by atoms with Gasteiger partial charge in [-0.15, -0.1) is 10.2 Å². The predicted molar refractivity (Wildman–Crippen MR) is 139 cm³/mol. The number of amides is 1. The summed E-state index contributed by atoms with van der Waals surface area (Å²) in [5, 5.41) is 12.4. The number of nitrogens with one attached hydrogen (secondary N) is 1. The van der Waals surface area contributed by atoms with Gasteiger partial charge in [0.15, 0.2) is 28.6 Å². The molecule has 35 heavy (non-hydrogen) atoms. The molecule has 0 spiro atoms. The van der Waals surface area contributed by atoms with Gasteiger partial charge in [-0.05, 0) is 68.3 Å². The number of aromatic nitrogens is 3. The first-order valence-corrected chi connectivity index (χ1v) is 12.2. The van der Waals surface area contributed by atoms with Crippen LogP contribution in [0.5, 0.6) is 11.5 Å². The summed E-state index contributed by atoms with van der Waals surface area (Å²) >= 11 is 1.33. The van der Waals surface area contributed by atoms with Crippen LogP contribution in [0.25, 0.3) is 5.69 Å². The summed E-state index contributed by atoms with van der Waals surface area (Å²) in [5.41, 5.74) is 3.99. The van der Waals surface area contributed by atoms with Crippen molar-refractivity contribution < 1.29 is 14.3 Å². The van der Waals surface area contributed by atoms with Crippen molar-refractivity contribution in [2.75, 3.05) is 18.2 Å². The zero-order chi connectivity index (χ0) is 24.8. The second-order valence-corrected chi connectivity index (χ2v) is 9.00. The molecule has 1 N–H and O–H groups in total. The first-order valence-electron chi connectivity index (χ1n) is 11.3. The second kappa shape index (κ2) is 11.1. The number of anilines is 1. The maximum Gasteiger partial charge on any atom is 0.234 e. The molecule has 1 atom stereocenters. The smallest absolute Gasteiger partial charge is 0.234 e. The molecule has 8 heteroatoms. The van der Waals surface area contributed by atoms with Gasteiger partial charge in [0.2, 0.25) is 5.91 Å². The van der Waals surface area contributed by atoms with Crippen LogP contribution >= 0.6 is 11.8 Å². The van der Waals surface area contributed by atoms with Crippen molar-refractivity contribution in [1.29, 1.82) is 0 Å². The molecule has 180 valence electrons. The lowest BCUT2D eigenvalue weighted by Crippen LogP contribution is -2.15. The molecule has 7 nitrogen and oxygen atoms in total. The summed E-state index contributed by atoms with van der Waals surface area (Å²) in [6, 6.07) is 23.2. The SMILES string of the molecule is COc1ccccc1OC(C)c1nnc(SCC(=O)Nc2ccc(C)c(C)c2)n1-c1ccccc1. The highest BCUT2D eigenvalue weighted by molar-refractivity contribution is 7.99. The van der Waals surface area contributed by atoms with Crippen LogP contribution in [0, 0.1) is 13.8 Å². The largest absolute Gasteiger partial charge is 0.493 e. The van der Waals surface area contributed by atoms with E-state index >= 15 is 0 Å². The lowest BCUT2D eigenvalue weighted by Gasteiger charge is -2.18. The molecular weight excluding hydrogens is 460 g/mol.